The van der Waals surface area contributed by atoms with Gasteiger partial charge in [-0.15, -0.1) is 0 Å². The molecule has 0 saturated heterocycles. The van der Waals surface area contributed by atoms with Crippen LogP contribution < -0.4 is 0 Å². The first-order valence-electron chi connectivity index (χ1n) is 12.7. The van der Waals surface area contributed by atoms with Crippen molar-refractivity contribution in [2.75, 3.05) is 13.2 Å². The molecule has 5 rings (SSSR count). The quantitative estimate of drug-likeness (QED) is 0.329. The molecule has 0 aliphatic heterocycles. The van der Waals surface area contributed by atoms with Gasteiger partial charge < -0.3 is 14.4 Å². The third kappa shape index (κ3) is 4.86. The topological polar surface area (TPSA) is 86.2 Å². The standard InChI is InChI=1S/C29H34N4O3/c1-5-35-19-29(14-7-15-29)23-12-10-22(11-13-23)26-30-27(36-32-26)25-16-20(2)33(31-25)18-21-8-6-9-24(17-21)28(3,4)34/h6,8-13,16-17,34H,5,7,14-15,18-19H2,1-4H3. The third-order valence-electron chi connectivity index (χ3n) is 7.24. The summed E-state index contributed by atoms with van der Waals surface area (Å²) in [6, 6.07) is 18.4. The molecule has 7 heteroatoms. The van der Waals surface area contributed by atoms with Crippen LogP contribution in [0.2, 0.25) is 0 Å². The molecule has 0 atom stereocenters. The van der Waals surface area contributed by atoms with E-state index in [0.717, 1.165) is 35.6 Å². The van der Waals surface area contributed by atoms with Crippen molar-refractivity contribution in [2.45, 2.75) is 64.5 Å². The van der Waals surface area contributed by atoms with Crippen LogP contribution in [-0.2, 0) is 22.3 Å². The van der Waals surface area contributed by atoms with Gasteiger partial charge in [-0.05, 0) is 63.3 Å². The maximum Gasteiger partial charge on any atom is 0.278 e. The van der Waals surface area contributed by atoms with Crippen LogP contribution in [0.1, 0.15) is 62.4 Å². The molecule has 7 nitrogen and oxygen atoms in total. The van der Waals surface area contributed by atoms with Gasteiger partial charge in [-0.1, -0.05) is 60.1 Å². The van der Waals surface area contributed by atoms with Gasteiger partial charge in [-0.3, -0.25) is 4.68 Å². The van der Waals surface area contributed by atoms with Crippen LogP contribution in [0.25, 0.3) is 23.0 Å². The second-order valence-corrected chi connectivity index (χ2v) is 10.4. The highest BCUT2D eigenvalue weighted by molar-refractivity contribution is 5.59. The normalized spacial score (nSPS) is 15.1. The predicted molar refractivity (Wildman–Crippen MR) is 139 cm³/mol. The largest absolute Gasteiger partial charge is 0.386 e. The van der Waals surface area contributed by atoms with Crippen molar-refractivity contribution in [3.63, 3.8) is 0 Å². The molecule has 0 radical (unpaired) electrons. The zero-order chi connectivity index (χ0) is 25.3. The Morgan fingerprint density at radius 3 is 2.56 bits per heavy atom. The molecule has 2 aromatic heterocycles. The number of rotatable bonds is 9. The van der Waals surface area contributed by atoms with Gasteiger partial charge in [0.25, 0.3) is 5.89 Å². The lowest BCUT2D eigenvalue weighted by atomic mass is 9.65. The van der Waals surface area contributed by atoms with Gasteiger partial charge in [0.05, 0.1) is 18.8 Å². The van der Waals surface area contributed by atoms with E-state index in [1.165, 1.54) is 24.8 Å². The Morgan fingerprint density at radius 1 is 1.11 bits per heavy atom. The third-order valence-corrected chi connectivity index (χ3v) is 7.24. The Balaban J connectivity index is 1.32. The Labute approximate surface area is 212 Å². The molecular formula is C29H34N4O3. The van der Waals surface area contributed by atoms with Crippen molar-refractivity contribution in [1.29, 1.82) is 0 Å². The van der Waals surface area contributed by atoms with E-state index in [9.17, 15) is 5.11 Å². The Bertz CT molecular complexity index is 1330. The summed E-state index contributed by atoms with van der Waals surface area (Å²) in [4.78, 5) is 4.62. The summed E-state index contributed by atoms with van der Waals surface area (Å²) in [5.41, 5.74) is 5.06. The van der Waals surface area contributed by atoms with Crippen LogP contribution in [-0.4, -0.2) is 38.2 Å². The Hall–Kier alpha value is -3.29. The van der Waals surface area contributed by atoms with E-state index in [1.54, 1.807) is 13.8 Å². The van der Waals surface area contributed by atoms with Gasteiger partial charge in [-0.2, -0.15) is 10.1 Å². The number of aromatic nitrogens is 4. The van der Waals surface area contributed by atoms with Crippen LogP contribution in [0, 0.1) is 6.92 Å². The molecule has 0 amide bonds. The van der Waals surface area contributed by atoms with Crippen LogP contribution in [0.15, 0.2) is 59.1 Å². The van der Waals surface area contributed by atoms with Crippen LogP contribution in [0.3, 0.4) is 0 Å². The molecular weight excluding hydrogens is 452 g/mol. The van der Waals surface area contributed by atoms with Crippen molar-refractivity contribution in [1.82, 2.24) is 19.9 Å². The van der Waals surface area contributed by atoms with Crippen molar-refractivity contribution in [3.8, 4) is 23.0 Å². The van der Waals surface area contributed by atoms with Crippen LogP contribution in [0.5, 0.6) is 0 Å². The van der Waals surface area contributed by atoms with Gasteiger partial charge in [0.1, 0.15) is 0 Å². The molecule has 0 spiro atoms. The second-order valence-electron chi connectivity index (χ2n) is 10.4. The highest BCUT2D eigenvalue weighted by Gasteiger charge is 2.38. The first-order valence-corrected chi connectivity index (χ1v) is 12.7. The number of benzene rings is 2. The smallest absolute Gasteiger partial charge is 0.278 e. The molecule has 1 fully saturated rings. The molecule has 188 valence electrons. The van der Waals surface area contributed by atoms with Gasteiger partial charge in [0.2, 0.25) is 5.82 Å². The van der Waals surface area contributed by atoms with Gasteiger partial charge in [0.15, 0.2) is 5.69 Å². The zero-order valence-electron chi connectivity index (χ0n) is 21.5. The molecule has 0 bridgehead atoms. The van der Waals surface area contributed by atoms with E-state index in [0.29, 0.717) is 24.0 Å². The fourth-order valence-corrected chi connectivity index (χ4v) is 4.83. The highest BCUT2D eigenvalue weighted by Crippen LogP contribution is 2.44. The lowest BCUT2D eigenvalue weighted by Crippen LogP contribution is -2.39. The van der Waals surface area contributed by atoms with Crippen LogP contribution in [0.4, 0.5) is 0 Å². The maximum absolute atomic E-state index is 10.3. The number of aliphatic hydroxyl groups is 1. The minimum absolute atomic E-state index is 0.147. The van der Waals surface area contributed by atoms with E-state index < -0.39 is 5.60 Å². The van der Waals surface area contributed by atoms with Crippen molar-refractivity contribution < 1.29 is 14.4 Å². The molecule has 1 aliphatic rings. The number of nitrogens with zero attached hydrogens (tertiary/aromatic N) is 4. The lowest BCUT2D eigenvalue weighted by Gasteiger charge is -2.42. The molecule has 1 saturated carbocycles. The summed E-state index contributed by atoms with van der Waals surface area (Å²) in [6.45, 7) is 9.73. The summed E-state index contributed by atoms with van der Waals surface area (Å²) in [6.07, 6.45) is 3.59. The minimum Gasteiger partial charge on any atom is -0.386 e. The summed E-state index contributed by atoms with van der Waals surface area (Å²) in [7, 11) is 0. The van der Waals surface area contributed by atoms with E-state index in [1.807, 2.05) is 48.9 Å². The molecule has 1 aliphatic carbocycles. The molecule has 0 unspecified atom stereocenters. The number of ether oxygens (including phenoxy) is 1. The molecule has 2 aromatic carbocycles. The van der Waals surface area contributed by atoms with E-state index in [4.69, 9.17) is 14.4 Å². The Kier molecular flexibility index (Phi) is 6.53. The first kappa shape index (κ1) is 24.4. The monoisotopic (exact) mass is 486 g/mol. The van der Waals surface area contributed by atoms with Gasteiger partial charge >= 0.3 is 0 Å². The number of aryl methyl sites for hydroxylation is 1. The summed E-state index contributed by atoms with van der Waals surface area (Å²) < 4.78 is 13.3. The summed E-state index contributed by atoms with van der Waals surface area (Å²) in [5, 5.41) is 19.3. The maximum atomic E-state index is 10.3. The van der Waals surface area contributed by atoms with E-state index in [-0.39, 0.29) is 5.41 Å². The molecule has 4 aromatic rings. The molecule has 2 heterocycles. The SMILES string of the molecule is CCOCC1(c2ccc(-c3noc(-c4cc(C)n(Cc5cccc(C(C)(C)O)c5)n4)n3)cc2)CCC1. The fourth-order valence-electron chi connectivity index (χ4n) is 4.83. The zero-order valence-corrected chi connectivity index (χ0v) is 21.5. The van der Waals surface area contributed by atoms with Crippen molar-refractivity contribution >= 4 is 0 Å². The van der Waals surface area contributed by atoms with Gasteiger partial charge in [0, 0.05) is 23.3 Å². The average Bonchev–Trinajstić information content (AvgIpc) is 3.46. The molecule has 36 heavy (non-hydrogen) atoms. The van der Waals surface area contributed by atoms with Crippen molar-refractivity contribution in [3.05, 3.63) is 77.0 Å². The number of hydrogen-bond donors (Lipinski definition) is 1. The first-order chi connectivity index (χ1) is 17.3. The average molecular weight is 487 g/mol. The van der Waals surface area contributed by atoms with Crippen molar-refractivity contribution in [2.24, 2.45) is 0 Å². The molecule has 1 N–H and O–H groups in total. The lowest BCUT2D eigenvalue weighted by molar-refractivity contribution is 0.0522. The second kappa shape index (κ2) is 9.64. The van der Waals surface area contributed by atoms with E-state index >= 15 is 0 Å². The number of hydrogen-bond acceptors (Lipinski definition) is 6. The summed E-state index contributed by atoms with van der Waals surface area (Å²) >= 11 is 0. The fraction of sp³-hybridized carbons (Fsp3) is 0.414. The van der Waals surface area contributed by atoms with Gasteiger partial charge in [-0.25, -0.2) is 0 Å². The van der Waals surface area contributed by atoms with Crippen LogP contribution >= 0.6 is 0 Å². The minimum atomic E-state index is -0.888. The van der Waals surface area contributed by atoms with E-state index in [2.05, 4.69) is 34.4 Å². The predicted octanol–water partition coefficient (Wildman–Crippen LogP) is 5.64. The Morgan fingerprint density at radius 2 is 1.89 bits per heavy atom. The highest BCUT2D eigenvalue weighted by atomic mass is 16.5. The summed E-state index contributed by atoms with van der Waals surface area (Å²) in [5.74, 6) is 0.946.